The molecule has 1 unspecified atom stereocenters. The summed E-state index contributed by atoms with van der Waals surface area (Å²) in [4.78, 5) is 39.3. The van der Waals surface area contributed by atoms with Crippen molar-refractivity contribution in [3.63, 3.8) is 0 Å². The van der Waals surface area contributed by atoms with Gasteiger partial charge in [0.05, 0.1) is 12.3 Å². The van der Waals surface area contributed by atoms with E-state index in [1.807, 2.05) is 0 Å². The molecule has 0 aliphatic carbocycles. The summed E-state index contributed by atoms with van der Waals surface area (Å²) in [5.74, 6) is -0.398. The Kier molecular flexibility index (Phi) is 4.35. The molecule has 4 amide bonds. The van der Waals surface area contributed by atoms with Gasteiger partial charge in [-0.2, -0.15) is 0 Å². The number of nitrogens with zero attached hydrogens (tertiary/aromatic N) is 5. The Bertz CT molecular complexity index is 1160. The van der Waals surface area contributed by atoms with Crippen LogP contribution < -0.4 is 15.4 Å². The number of hydrogen-bond acceptors (Lipinski definition) is 7. The molecule has 11 heteroatoms. The molecular weight excluding hydrogens is 402 g/mol. The molecule has 0 radical (unpaired) electrons. The highest BCUT2D eigenvalue weighted by molar-refractivity contribution is 6.10. The molecule has 2 N–H and O–H groups in total. The van der Waals surface area contributed by atoms with Gasteiger partial charge in [0.2, 0.25) is 5.91 Å². The molecule has 2 aliphatic heterocycles. The van der Waals surface area contributed by atoms with Crippen molar-refractivity contribution in [1.29, 1.82) is 0 Å². The molecule has 1 atom stereocenters. The minimum atomic E-state index is -1.21. The summed E-state index contributed by atoms with van der Waals surface area (Å²) >= 11 is 0. The van der Waals surface area contributed by atoms with Crippen LogP contribution in [-0.2, 0) is 15.1 Å². The molecule has 2 aliphatic rings. The van der Waals surface area contributed by atoms with Crippen LogP contribution in [0.15, 0.2) is 54.9 Å². The predicted octanol–water partition coefficient (Wildman–Crippen LogP) is 0.831. The van der Waals surface area contributed by atoms with Crippen LogP contribution in [0.5, 0.6) is 5.75 Å². The van der Waals surface area contributed by atoms with Gasteiger partial charge in [0, 0.05) is 17.7 Å². The number of rotatable bonds is 4. The Balaban J connectivity index is 1.30. The van der Waals surface area contributed by atoms with E-state index < -0.39 is 29.9 Å². The molecule has 2 aromatic carbocycles. The fourth-order valence-electron chi connectivity index (χ4n) is 3.84. The maximum Gasteiger partial charge on any atom is 0.325 e. The third-order valence-electron chi connectivity index (χ3n) is 5.32. The van der Waals surface area contributed by atoms with Crippen molar-refractivity contribution in [3.8, 4) is 11.4 Å². The second kappa shape index (κ2) is 7.20. The molecular formula is C20H17N7O4. The highest BCUT2D eigenvalue weighted by atomic mass is 16.5. The van der Waals surface area contributed by atoms with Gasteiger partial charge >= 0.3 is 6.03 Å². The standard InChI is InChI=1S/C20H17N7O4/c28-17(22-13-5-7-14(8-6-13)27-12-21-24-25-27)11-26-18(29)20(23-19(26)30)9-10-31-16-4-2-1-3-15(16)20/h1-8,12H,9-11H2,(H,22,28)(H,23,30). The number of carbonyl (C=O) groups excluding carboxylic acids is 3. The number of imide groups is 1. The summed E-state index contributed by atoms with van der Waals surface area (Å²) in [6, 6.07) is 13.3. The number of hydrogen-bond donors (Lipinski definition) is 2. The Morgan fingerprint density at radius 2 is 1.97 bits per heavy atom. The second-order valence-electron chi connectivity index (χ2n) is 7.17. The molecule has 5 rings (SSSR count). The number of para-hydroxylation sites is 1. The van der Waals surface area contributed by atoms with E-state index >= 15 is 0 Å². The van der Waals surface area contributed by atoms with E-state index in [2.05, 4.69) is 26.2 Å². The quantitative estimate of drug-likeness (QED) is 0.599. The van der Waals surface area contributed by atoms with Crippen LogP contribution in [0.4, 0.5) is 10.5 Å². The third kappa shape index (κ3) is 3.16. The lowest BCUT2D eigenvalue weighted by molar-refractivity contribution is -0.135. The van der Waals surface area contributed by atoms with Gasteiger partial charge in [-0.15, -0.1) is 5.10 Å². The Hall–Kier alpha value is -4.28. The number of benzene rings is 2. The average Bonchev–Trinajstić information content (AvgIpc) is 3.39. The SMILES string of the molecule is O=C(CN1C(=O)NC2(CCOc3ccccc32)C1=O)Nc1ccc(-n2cnnn2)cc1. The topological polar surface area (TPSA) is 131 Å². The summed E-state index contributed by atoms with van der Waals surface area (Å²) in [6.45, 7) is -0.110. The number of amides is 4. The zero-order valence-electron chi connectivity index (χ0n) is 16.2. The number of aromatic nitrogens is 4. The van der Waals surface area contributed by atoms with E-state index in [0.29, 0.717) is 23.4 Å². The van der Waals surface area contributed by atoms with Crippen LogP contribution in [0.3, 0.4) is 0 Å². The van der Waals surface area contributed by atoms with Crippen LogP contribution in [-0.4, -0.2) is 56.1 Å². The van der Waals surface area contributed by atoms with Gasteiger partial charge < -0.3 is 15.4 Å². The number of anilines is 1. The normalized spacial score (nSPS) is 19.7. The van der Waals surface area contributed by atoms with Gasteiger partial charge in [-0.1, -0.05) is 18.2 Å². The molecule has 0 saturated carbocycles. The zero-order chi connectivity index (χ0) is 21.4. The summed E-state index contributed by atoms with van der Waals surface area (Å²) in [5.41, 5.74) is 0.623. The molecule has 1 fully saturated rings. The number of nitrogens with one attached hydrogen (secondary N) is 2. The molecule has 3 aromatic rings. The van der Waals surface area contributed by atoms with Gasteiger partial charge in [0.25, 0.3) is 5.91 Å². The molecule has 156 valence electrons. The van der Waals surface area contributed by atoms with Gasteiger partial charge in [0.15, 0.2) is 5.54 Å². The Labute approximate surface area is 176 Å². The Morgan fingerprint density at radius 1 is 1.16 bits per heavy atom. The first-order valence-corrected chi connectivity index (χ1v) is 9.56. The van der Waals surface area contributed by atoms with E-state index in [1.54, 1.807) is 48.5 Å². The monoisotopic (exact) mass is 419 g/mol. The number of carbonyl (C=O) groups is 3. The van der Waals surface area contributed by atoms with Crippen molar-refractivity contribution in [2.75, 3.05) is 18.5 Å². The summed E-state index contributed by atoms with van der Waals surface area (Å²) in [6.07, 6.45) is 1.75. The van der Waals surface area contributed by atoms with Crippen LogP contribution in [0, 0.1) is 0 Å². The number of urea groups is 1. The molecule has 31 heavy (non-hydrogen) atoms. The fraction of sp³-hybridized carbons (Fsp3) is 0.200. The zero-order valence-corrected chi connectivity index (χ0v) is 16.2. The third-order valence-corrected chi connectivity index (χ3v) is 5.32. The van der Waals surface area contributed by atoms with E-state index in [-0.39, 0.29) is 6.61 Å². The van der Waals surface area contributed by atoms with Gasteiger partial charge in [-0.05, 0) is 40.8 Å². The largest absolute Gasteiger partial charge is 0.493 e. The average molecular weight is 419 g/mol. The van der Waals surface area contributed by atoms with Crippen molar-refractivity contribution in [2.45, 2.75) is 12.0 Å². The van der Waals surface area contributed by atoms with E-state index in [1.165, 1.54) is 11.0 Å². The smallest absolute Gasteiger partial charge is 0.325 e. The first-order valence-electron chi connectivity index (χ1n) is 9.56. The Morgan fingerprint density at radius 3 is 2.74 bits per heavy atom. The molecule has 1 aromatic heterocycles. The molecule has 11 nitrogen and oxygen atoms in total. The van der Waals surface area contributed by atoms with E-state index in [9.17, 15) is 14.4 Å². The highest BCUT2D eigenvalue weighted by Crippen LogP contribution is 2.40. The molecule has 1 saturated heterocycles. The van der Waals surface area contributed by atoms with Crippen molar-refractivity contribution >= 4 is 23.5 Å². The summed E-state index contributed by atoms with van der Waals surface area (Å²) < 4.78 is 7.09. The predicted molar refractivity (Wildman–Crippen MR) is 106 cm³/mol. The lowest BCUT2D eigenvalue weighted by Gasteiger charge is -2.33. The first kappa shape index (κ1) is 18.7. The molecule has 3 heterocycles. The van der Waals surface area contributed by atoms with Crippen molar-refractivity contribution < 1.29 is 19.1 Å². The first-order chi connectivity index (χ1) is 15.1. The van der Waals surface area contributed by atoms with E-state index in [4.69, 9.17) is 4.74 Å². The maximum atomic E-state index is 13.2. The fourth-order valence-corrected chi connectivity index (χ4v) is 3.84. The number of fused-ring (bicyclic) bond motifs is 2. The van der Waals surface area contributed by atoms with Gasteiger partial charge in [0.1, 0.15) is 18.6 Å². The van der Waals surface area contributed by atoms with Crippen molar-refractivity contribution in [2.24, 2.45) is 0 Å². The van der Waals surface area contributed by atoms with Crippen molar-refractivity contribution in [1.82, 2.24) is 30.4 Å². The molecule has 1 spiro atoms. The summed E-state index contributed by atoms with van der Waals surface area (Å²) in [5, 5.41) is 16.4. The molecule has 0 bridgehead atoms. The van der Waals surface area contributed by atoms with Gasteiger partial charge in [-0.3, -0.25) is 14.5 Å². The lowest BCUT2D eigenvalue weighted by atomic mass is 9.84. The maximum absolute atomic E-state index is 13.2. The van der Waals surface area contributed by atoms with Crippen LogP contribution in [0.25, 0.3) is 5.69 Å². The lowest BCUT2D eigenvalue weighted by Crippen LogP contribution is -2.48. The number of tetrazole rings is 1. The van der Waals surface area contributed by atoms with E-state index in [0.717, 1.165) is 10.6 Å². The van der Waals surface area contributed by atoms with Crippen molar-refractivity contribution in [3.05, 3.63) is 60.4 Å². The highest BCUT2D eigenvalue weighted by Gasteiger charge is 2.55. The number of ether oxygens (including phenoxy) is 1. The van der Waals surface area contributed by atoms with Gasteiger partial charge in [-0.25, -0.2) is 9.48 Å². The van der Waals surface area contributed by atoms with Crippen LogP contribution in [0.2, 0.25) is 0 Å². The van der Waals surface area contributed by atoms with Crippen LogP contribution >= 0.6 is 0 Å². The summed E-state index contributed by atoms with van der Waals surface area (Å²) in [7, 11) is 0. The second-order valence-corrected chi connectivity index (χ2v) is 7.17. The van der Waals surface area contributed by atoms with Crippen LogP contribution in [0.1, 0.15) is 12.0 Å². The minimum absolute atomic E-state index is 0.288. The minimum Gasteiger partial charge on any atom is -0.493 e.